The van der Waals surface area contributed by atoms with Crippen LogP contribution in [-0.4, -0.2) is 45.0 Å². The van der Waals surface area contributed by atoms with Gasteiger partial charge < -0.3 is 14.7 Å². The van der Waals surface area contributed by atoms with E-state index in [4.69, 9.17) is 9.51 Å². The monoisotopic (exact) mass is 417 g/mol. The molecule has 2 amide bonds. The van der Waals surface area contributed by atoms with Gasteiger partial charge in [0, 0.05) is 31.6 Å². The number of hydrogen-bond acceptors (Lipinski definition) is 5. The lowest BCUT2D eigenvalue weighted by atomic mass is 10.2. The molecule has 0 bridgehead atoms. The second-order valence-electron chi connectivity index (χ2n) is 7.31. The summed E-state index contributed by atoms with van der Waals surface area (Å²) in [5.41, 5.74) is 2.87. The van der Waals surface area contributed by atoms with E-state index in [1.54, 1.807) is 20.0 Å². The highest BCUT2D eigenvalue weighted by Gasteiger charge is 2.17. The number of likely N-dealkylation sites (N-methyl/N-ethyl adjacent to an activating group) is 1. The largest absolute Gasteiger partial charge is 0.360 e. The summed E-state index contributed by atoms with van der Waals surface area (Å²) in [5, 5.41) is 6.34. The third-order valence-electron chi connectivity index (χ3n) is 4.91. The SMILES string of the molecule is Cc1cc(NC(=O)CN(C)C(=O)CCc2nc3ccccc3n2-c2ccccc2)no1. The Labute approximate surface area is 179 Å². The van der Waals surface area contributed by atoms with E-state index in [2.05, 4.69) is 15.0 Å². The second-order valence-corrected chi connectivity index (χ2v) is 7.31. The molecule has 0 aliphatic rings. The molecule has 4 rings (SSSR count). The summed E-state index contributed by atoms with van der Waals surface area (Å²) < 4.78 is 7.00. The van der Waals surface area contributed by atoms with Crippen LogP contribution in [0.25, 0.3) is 16.7 Å². The Morgan fingerprint density at radius 2 is 1.84 bits per heavy atom. The van der Waals surface area contributed by atoms with Gasteiger partial charge in [-0.1, -0.05) is 35.5 Å². The van der Waals surface area contributed by atoms with Crippen molar-refractivity contribution in [2.24, 2.45) is 0 Å². The number of carbonyl (C=O) groups excluding carboxylic acids is 2. The van der Waals surface area contributed by atoms with Crippen LogP contribution in [-0.2, 0) is 16.0 Å². The Morgan fingerprint density at radius 1 is 1.10 bits per heavy atom. The number of carbonyl (C=O) groups is 2. The summed E-state index contributed by atoms with van der Waals surface area (Å²) in [5.74, 6) is 1.26. The summed E-state index contributed by atoms with van der Waals surface area (Å²) in [6, 6.07) is 19.5. The summed E-state index contributed by atoms with van der Waals surface area (Å²) in [6.45, 7) is 1.67. The molecular weight excluding hydrogens is 394 g/mol. The third-order valence-corrected chi connectivity index (χ3v) is 4.91. The van der Waals surface area contributed by atoms with Crippen LogP contribution in [0.2, 0.25) is 0 Å². The van der Waals surface area contributed by atoms with E-state index >= 15 is 0 Å². The number of para-hydroxylation sites is 3. The van der Waals surface area contributed by atoms with Gasteiger partial charge in [-0.3, -0.25) is 14.2 Å². The van der Waals surface area contributed by atoms with Gasteiger partial charge in [-0.25, -0.2) is 4.98 Å². The van der Waals surface area contributed by atoms with Crippen molar-refractivity contribution >= 4 is 28.7 Å². The van der Waals surface area contributed by atoms with E-state index in [0.29, 0.717) is 18.0 Å². The molecule has 0 spiro atoms. The first-order chi connectivity index (χ1) is 15.0. The summed E-state index contributed by atoms with van der Waals surface area (Å²) in [7, 11) is 1.61. The number of benzene rings is 2. The Balaban J connectivity index is 1.44. The summed E-state index contributed by atoms with van der Waals surface area (Å²) in [6.07, 6.45) is 0.694. The van der Waals surface area contributed by atoms with Crippen molar-refractivity contribution in [2.75, 3.05) is 18.9 Å². The fourth-order valence-electron chi connectivity index (χ4n) is 3.43. The van der Waals surface area contributed by atoms with Gasteiger partial charge in [0.15, 0.2) is 5.82 Å². The van der Waals surface area contributed by atoms with Crippen LogP contribution < -0.4 is 5.32 Å². The molecule has 0 saturated carbocycles. The van der Waals surface area contributed by atoms with Crippen LogP contribution in [0.3, 0.4) is 0 Å². The van der Waals surface area contributed by atoms with Crippen molar-refractivity contribution in [1.29, 1.82) is 0 Å². The third kappa shape index (κ3) is 4.63. The topological polar surface area (TPSA) is 93.3 Å². The number of amides is 2. The molecular formula is C23H23N5O3. The fraction of sp³-hybridized carbons (Fsp3) is 0.217. The molecule has 0 atom stereocenters. The quantitative estimate of drug-likeness (QED) is 0.498. The molecule has 8 heteroatoms. The number of nitrogens with one attached hydrogen (secondary N) is 1. The Hall–Kier alpha value is -3.94. The van der Waals surface area contributed by atoms with Crippen molar-refractivity contribution < 1.29 is 14.1 Å². The first-order valence-electron chi connectivity index (χ1n) is 10.00. The van der Waals surface area contributed by atoms with Gasteiger partial charge in [0.05, 0.1) is 17.6 Å². The molecule has 2 aromatic carbocycles. The minimum absolute atomic E-state index is 0.0696. The van der Waals surface area contributed by atoms with Crippen LogP contribution in [0.1, 0.15) is 18.0 Å². The van der Waals surface area contributed by atoms with E-state index in [0.717, 1.165) is 22.5 Å². The van der Waals surface area contributed by atoms with Gasteiger partial charge in [0.2, 0.25) is 11.8 Å². The maximum absolute atomic E-state index is 12.6. The molecule has 1 N–H and O–H groups in total. The number of fused-ring (bicyclic) bond motifs is 1. The maximum atomic E-state index is 12.6. The van der Waals surface area contributed by atoms with Crippen LogP contribution in [0.5, 0.6) is 0 Å². The van der Waals surface area contributed by atoms with Crippen molar-refractivity contribution in [1.82, 2.24) is 19.6 Å². The predicted octanol–water partition coefficient (Wildman–Crippen LogP) is 3.35. The smallest absolute Gasteiger partial charge is 0.245 e. The standard InChI is InChI=1S/C23H23N5O3/c1-16-14-20(26-31-16)25-22(29)15-27(2)23(30)13-12-21-24-18-10-6-7-11-19(18)28(21)17-8-4-3-5-9-17/h3-11,14H,12-13,15H2,1-2H3,(H,25,26,29). The zero-order chi connectivity index (χ0) is 21.8. The maximum Gasteiger partial charge on any atom is 0.245 e. The molecule has 0 radical (unpaired) electrons. The molecule has 0 fully saturated rings. The highest BCUT2D eigenvalue weighted by Crippen LogP contribution is 2.22. The first kappa shape index (κ1) is 20.3. The molecule has 4 aromatic rings. The average Bonchev–Trinajstić information content (AvgIpc) is 3.35. The Kier molecular flexibility index (Phi) is 5.79. The van der Waals surface area contributed by atoms with Crippen molar-refractivity contribution in [3.8, 4) is 5.69 Å². The lowest BCUT2D eigenvalue weighted by Crippen LogP contribution is -2.35. The number of hydrogen-bond donors (Lipinski definition) is 1. The van der Waals surface area contributed by atoms with Gasteiger partial charge in [-0.2, -0.15) is 0 Å². The molecule has 8 nitrogen and oxygen atoms in total. The molecule has 0 aliphatic heterocycles. The van der Waals surface area contributed by atoms with Gasteiger partial charge >= 0.3 is 0 Å². The normalized spacial score (nSPS) is 10.9. The van der Waals surface area contributed by atoms with E-state index in [1.165, 1.54) is 4.90 Å². The summed E-state index contributed by atoms with van der Waals surface area (Å²) in [4.78, 5) is 30.9. The average molecular weight is 417 g/mol. The van der Waals surface area contributed by atoms with Gasteiger partial charge in [-0.15, -0.1) is 0 Å². The number of anilines is 1. The lowest BCUT2D eigenvalue weighted by Gasteiger charge is -2.16. The Morgan fingerprint density at radius 3 is 2.58 bits per heavy atom. The second kappa shape index (κ2) is 8.83. The molecule has 0 saturated heterocycles. The van der Waals surface area contributed by atoms with E-state index < -0.39 is 0 Å². The molecule has 0 unspecified atom stereocenters. The van der Waals surface area contributed by atoms with Gasteiger partial charge in [0.1, 0.15) is 11.6 Å². The van der Waals surface area contributed by atoms with Gasteiger partial charge in [-0.05, 0) is 31.2 Å². The van der Waals surface area contributed by atoms with Crippen molar-refractivity contribution in [3.05, 3.63) is 72.2 Å². The number of nitrogens with zero attached hydrogens (tertiary/aromatic N) is 4. The zero-order valence-corrected chi connectivity index (χ0v) is 17.4. The molecule has 2 aromatic heterocycles. The highest BCUT2D eigenvalue weighted by molar-refractivity contribution is 5.93. The minimum atomic E-state index is -0.333. The van der Waals surface area contributed by atoms with E-state index in [9.17, 15) is 9.59 Å². The molecule has 2 heterocycles. The van der Waals surface area contributed by atoms with E-state index in [1.807, 2.05) is 54.6 Å². The lowest BCUT2D eigenvalue weighted by molar-refractivity contribution is -0.133. The molecule has 158 valence electrons. The number of imidazole rings is 1. The number of rotatable bonds is 7. The predicted molar refractivity (Wildman–Crippen MR) is 117 cm³/mol. The zero-order valence-electron chi connectivity index (χ0n) is 17.4. The van der Waals surface area contributed by atoms with Crippen LogP contribution in [0, 0.1) is 6.92 Å². The summed E-state index contributed by atoms with van der Waals surface area (Å²) >= 11 is 0. The number of aromatic nitrogens is 3. The van der Waals surface area contributed by atoms with Crippen molar-refractivity contribution in [2.45, 2.75) is 19.8 Å². The van der Waals surface area contributed by atoms with Gasteiger partial charge in [0.25, 0.3) is 0 Å². The molecule has 31 heavy (non-hydrogen) atoms. The fourth-order valence-corrected chi connectivity index (χ4v) is 3.43. The van der Waals surface area contributed by atoms with Crippen LogP contribution in [0.4, 0.5) is 5.82 Å². The molecule has 0 aliphatic carbocycles. The van der Waals surface area contributed by atoms with E-state index in [-0.39, 0.29) is 24.8 Å². The Bertz CT molecular complexity index is 1210. The highest BCUT2D eigenvalue weighted by atomic mass is 16.5. The van der Waals surface area contributed by atoms with Crippen LogP contribution >= 0.6 is 0 Å². The number of aryl methyl sites for hydroxylation is 2. The van der Waals surface area contributed by atoms with Crippen LogP contribution in [0.15, 0.2) is 65.2 Å². The minimum Gasteiger partial charge on any atom is -0.360 e. The first-order valence-corrected chi connectivity index (χ1v) is 10.00. The van der Waals surface area contributed by atoms with Crippen molar-refractivity contribution in [3.63, 3.8) is 0 Å².